The Kier molecular flexibility index (Phi) is 6.24. The second-order valence-electron chi connectivity index (χ2n) is 3.74. The number of ether oxygens (including phenoxy) is 1. The SMILES string of the molecule is COC(=O)C[C@@H](N)c1c(C(F)(F)F)ccc(F)c1O.Cl. The highest BCUT2D eigenvalue weighted by atomic mass is 35.5. The number of aromatic hydroxyl groups is 1. The predicted molar refractivity (Wildman–Crippen MR) is 63.9 cm³/mol. The minimum atomic E-state index is -4.83. The maximum atomic E-state index is 13.1. The second kappa shape index (κ2) is 6.76. The van der Waals surface area contributed by atoms with Crippen molar-refractivity contribution in [3.05, 3.63) is 29.1 Å². The molecule has 0 saturated carbocycles. The molecule has 114 valence electrons. The first kappa shape index (κ1) is 18.5. The molecule has 1 atom stereocenters. The van der Waals surface area contributed by atoms with Gasteiger partial charge in [0, 0.05) is 11.6 Å². The summed E-state index contributed by atoms with van der Waals surface area (Å²) in [6.45, 7) is 0. The van der Waals surface area contributed by atoms with Crippen molar-refractivity contribution < 1.29 is 32.2 Å². The van der Waals surface area contributed by atoms with Crippen molar-refractivity contribution in [2.75, 3.05) is 7.11 Å². The monoisotopic (exact) mass is 317 g/mol. The number of phenols is 1. The quantitative estimate of drug-likeness (QED) is 0.664. The first-order chi connectivity index (χ1) is 8.68. The van der Waals surface area contributed by atoms with Gasteiger partial charge in [-0.1, -0.05) is 0 Å². The first-order valence-electron chi connectivity index (χ1n) is 5.09. The zero-order chi connectivity index (χ0) is 14.8. The van der Waals surface area contributed by atoms with Crippen molar-refractivity contribution in [2.45, 2.75) is 18.6 Å². The van der Waals surface area contributed by atoms with Crippen LogP contribution in [-0.2, 0) is 15.7 Å². The number of hydrogen-bond acceptors (Lipinski definition) is 4. The highest BCUT2D eigenvalue weighted by molar-refractivity contribution is 5.85. The van der Waals surface area contributed by atoms with Crippen molar-refractivity contribution in [1.29, 1.82) is 0 Å². The van der Waals surface area contributed by atoms with Crippen molar-refractivity contribution in [2.24, 2.45) is 5.73 Å². The molecule has 0 aliphatic carbocycles. The molecule has 1 aromatic carbocycles. The molecule has 0 radical (unpaired) electrons. The summed E-state index contributed by atoms with van der Waals surface area (Å²) in [5, 5.41) is 9.39. The highest BCUT2D eigenvalue weighted by Gasteiger charge is 2.37. The van der Waals surface area contributed by atoms with E-state index in [0.717, 1.165) is 7.11 Å². The maximum Gasteiger partial charge on any atom is 0.416 e. The van der Waals surface area contributed by atoms with Gasteiger partial charge in [0.2, 0.25) is 0 Å². The van der Waals surface area contributed by atoms with E-state index in [1.54, 1.807) is 0 Å². The van der Waals surface area contributed by atoms with Crippen molar-refractivity contribution in [1.82, 2.24) is 0 Å². The minimum Gasteiger partial charge on any atom is -0.505 e. The summed E-state index contributed by atoms with van der Waals surface area (Å²) in [5.41, 5.74) is 3.26. The lowest BCUT2D eigenvalue weighted by molar-refractivity contribution is -0.142. The highest BCUT2D eigenvalue weighted by Crippen LogP contribution is 2.40. The summed E-state index contributed by atoms with van der Waals surface area (Å²) in [4.78, 5) is 11.0. The number of esters is 1. The van der Waals surface area contributed by atoms with Crippen LogP contribution in [0.1, 0.15) is 23.6 Å². The summed E-state index contributed by atoms with van der Waals surface area (Å²) < 4.78 is 55.6. The number of halogens is 5. The Bertz CT molecular complexity index is 493. The fraction of sp³-hybridized carbons (Fsp3) is 0.364. The molecule has 0 heterocycles. The largest absolute Gasteiger partial charge is 0.505 e. The van der Waals surface area contributed by atoms with Gasteiger partial charge < -0.3 is 15.6 Å². The van der Waals surface area contributed by atoms with Crippen LogP contribution in [0.2, 0.25) is 0 Å². The van der Waals surface area contributed by atoms with E-state index >= 15 is 0 Å². The van der Waals surface area contributed by atoms with Crippen LogP contribution in [0, 0.1) is 5.82 Å². The van der Waals surface area contributed by atoms with Gasteiger partial charge in [0.05, 0.1) is 19.1 Å². The van der Waals surface area contributed by atoms with E-state index in [0.29, 0.717) is 12.1 Å². The minimum absolute atomic E-state index is 0. The predicted octanol–water partition coefficient (Wildman–Crippen LogP) is 2.53. The van der Waals surface area contributed by atoms with E-state index < -0.39 is 47.3 Å². The van der Waals surface area contributed by atoms with E-state index in [1.807, 2.05) is 0 Å². The molecule has 0 fully saturated rings. The first-order valence-corrected chi connectivity index (χ1v) is 5.09. The van der Waals surface area contributed by atoms with Gasteiger partial charge in [0.15, 0.2) is 11.6 Å². The number of alkyl halides is 3. The molecule has 9 heteroatoms. The van der Waals surface area contributed by atoms with Crippen LogP contribution in [0.4, 0.5) is 17.6 Å². The van der Waals surface area contributed by atoms with E-state index in [4.69, 9.17) is 5.73 Å². The number of benzene rings is 1. The van der Waals surface area contributed by atoms with E-state index in [-0.39, 0.29) is 12.4 Å². The normalized spacial score (nSPS) is 12.5. The average molecular weight is 318 g/mol. The standard InChI is InChI=1S/C11H11F4NO3.ClH/c1-19-8(17)4-7(16)9-5(11(13,14)15)2-3-6(12)10(9)18;/h2-3,7,18H,4,16H2,1H3;1H/t7-;/m1./s1. The van der Waals surface area contributed by atoms with Gasteiger partial charge in [0.25, 0.3) is 0 Å². The Morgan fingerprint density at radius 2 is 2.00 bits per heavy atom. The molecule has 4 nitrogen and oxygen atoms in total. The molecule has 1 rings (SSSR count). The molecule has 0 aromatic heterocycles. The summed E-state index contributed by atoms with van der Waals surface area (Å²) >= 11 is 0. The summed E-state index contributed by atoms with van der Waals surface area (Å²) in [6.07, 6.45) is -5.44. The molecule has 0 spiro atoms. The lowest BCUT2D eigenvalue weighted by Crippen LogP contribution is -2.21. The van der Waals surface area contributed by atoms with Crippen molar-refractivity contribution in [3.63, 3.8) is 0 Å². The zero-order valence-electron chi connectivity index (χ0n) is 10.2. The third-order valence-corrected chi connectivity index (χ3v) is 2.46. The molecule has 3 N–H and O–H groups in total. The van der Waals surface area contributed by atoms with Crippen LogP contribution >= 0.6 is 12.4 Å². The number of nitrogens with two attached hydrogens (primary N) is 1. The van der Waals surface area contributed by atoms with Gasteiger partial charge in [-0.2, -0.15) is 13.2 Å². The number of carbonyl (C=O) groups is 1. The van der Waals surface area contributed by atoms with Crippen LogP contribution in [-0.4, -0.2) is 18.2 Å². The number of carbonyl (C=O) groups excluding carboxylic acids is 1. The van der Waals surface area contributed by atoms with Crippen LogP contribution < -0.4 is 5.73 Å². The van der Waals surface area contributed by atoms with Gasteiger partial charge >= 0.3 is 12.1 Å². The van der Waals surface area contributed by atoms with Gasteiger partial charge in [-0.15, -0.1) is 12.4 Å². The molecule has 1 aromatic rings. The summed E-state index contributed by atoms with van der Waals surface area (Å²) in [5.74, 6) is -3.33. The van der Waals surface area contributed by atoms with Crippen LogP contribution in [0.15, 0.2) is 12.1 Å². The van der Waals surface area contributed by atoms with Crippen LogP contribution in [0.5, 0.6) is 5.75 Å². The van der Waals surface area contributed by atoms with Crippen LogP contribution in [0.25, 0.3) is 0 Å². The third-order valence-electron chi connectivity index (χ3n) is 2.46. The molecule has 0 bridgehead atoms. The topological polar surface area (TPSA) is 72.5 Å². The maximum absolute atomic E-state index is 13.1. The van der Waals surface area contributed by atoms with Gasteiger partial charge in [-0.25, -0.2) is 4.39 Å². The number of hydrogen-bond donors (Lipinski definition) is 2. The van der Waals surface area contributed by atoms with Crippen molar-refractivity contribution >= 4 is 18.4 Å². The molecular weight excluding hydrogens is 306 g/mol. The zero-order valence-corrected chi connectivity index (χ0v) is 11.0. The number of phenolic OH excluding ortho intramolecular Hbond substituents is 1. The molecular formula is C11H12ClF4NO3. The van der Waals surface area contributed by atoms with Gasteiger partial charge in [0.1, 0.15) is 0 Å². The smallest absolute Gasteiger partial charge is 0.416 e. The Morgan fingerprint density at radius 1 is 1.45 bits per heavy atom. The molecule has 0 aliphatic rings. The van der Waals surface area contributed by atoms with Gasteiger partial charge in [-0.05, 0) is 12.1 Å². The van der Waals surface area contributed by atoms with Crippen LogP contribution in [0.3, 0.4) is 0 Å². The van der Waals surface area contributed by atoms with E-state index in [2.05, 4.69) is 4.74 Å². The van der Waals surface area contributed by atoms with E-state index in [9.17, 15) is 27.5 Å². The second-order valence-corrected chi connectivity index (χ2v) is 3.74. The number of methoxy groups -OCH3 is 1. The Balaban J connectivity index is 0.00000361. The molecule has 0 amide bonds. The summed E-state index contributed by atoms with van der Waals surface area (Å²) in [6, 6.07) is -0.589. The fourth-order valence-corrected chi connectivity index (χ4v) is 1.57. The third kappa shape index (κ3) is 3.97. The summed E-state index contributed by atoms with van der Waals surface area (Å²) in [7, 11) is 1.03. The Morgan fingerprint density at radius 3 is 2.45 bits per heavy atom. The lowest BCUT2D eigenvalue weighted by atomic mass is 9.96. The Hall–Kier alpha value is -1.54. The lowest BCUT2D eigenvalue weighted by Gasteiger charge is -2.19. The average Bonchev–Trinajstić information content (AvgIpc) is 2.30. The van der Waals surface area contributed by atoms with E-state index in [1.165, 1.54) is 0 Å². The molecule has 0 aliphatic heterocycles. The molecule has 0 unspecified atom stereocenters. The van der Waals surface area contributed by atoms with Gasteiger partial charge in [-0.3, -0.25) is 4.79 Å². The molecule has 0 saturated heterocycles. The molecule has 20 heavy (non-hydrogen) atoms. The number of rotatable bonds is 3. The van der Waals surface area contributed by atoms with Crippen molar-refractivity contribution in [3.8, 4) is 5.75 Å². The fourth-order valence-electron chi connectivity index (χ4n) is 1.57. The Labute approximate surface area is 117 Å².